The fourth-order valence-corrected chi connectivity index (χ4v) is 3.13. The highest BCUT2D eigenvalue weighted by atomic mass is 15.1. The van der Waals surface area contributed by atoms with Crippen molar-refractivity contribution >= 4 is 5.69 Å². The topological polar surface area (TPSA) is 33.1 Å². The predicted octanol–water partition coefficient (Wildman–Crippen LogP) is 3.14. The minimum Gasteiger partial charge on any atom is -0.372 e. The average molecular weight is 284 g/mol. The molecule has 2 aromatic rings. The van der Waals surface area contributed by atoms with Crippen molar-refractivity contribution in [1.29, 1.82) is 0 Å². The summed E-state index contributed by atoms with van der Waals surface area (Å²) in [4.78, 5) is 6.70. The van der Waals surface area contributed by atoms with Crippen LogP contribution in [-0.2, 0) is 0 Å². The van der Waals surface area contributed by atoms with E-state index in [0.717, 1.165) is 19.6 Å². The van der Waals surface area contributed by atoms with Crippen LogP contribution in [0.5, 0.6) is 0 Å². The van der Waals surface area contributed by atoms with Crippen molar-refractivity contribution in [3.05, 3.63) is 42.5 Å². The second kappa shape index (κ2) is 6.31. The van der Waals surface area contributed by atoms with Gasteiger partial charge in [0.1, 0.15) is 0 Å². The molecule has 1 fully saturated rings. The number of nitrogens with zero attached hydrogens (tertiary/aromatic N) is 3. The number of benzene rings is 1. The molecule has 1 unspecified atom stereocenters. The molecule has 1 N–H and O–H groups in total. The SMILES string of the molecule is CCN(CC)c1ccc(-n2cncc2C2CCCN2)cc1. The molecule has 0 aliphatic carbocycles. The van der Waals surface area contributed by atoms with Gasteiger partial charge >= 0.3 is 0 Å². The fourth-order valence-electron chi connectivity index (χ4n) is 3.13. The third-order valence-electron chi connectivity index (χ3n) is 4.34. The molecule has 4 heteroatoms. The van der Waals surface area contributed by atoms with E-state index in [-0.39, 0.29) is 0 Å². The largest absolute Gasteiger partial charge is 0.372 e. The molecule has 0 spiro atoms. The maximum Gasteiger partial charge on any atom is 0.0994 e. The number of imidazole rings is 1. The molecule has 0 radical (unpaired) electrons. The smallest absolute Gasteiger partial charge is 0.0994 e. The molecule has 1 saturated heterocycles. The Morgan fingerprint density at radius 1 is 1.24 bits per heavy atom. The van der Waals surface area contributed by atoms with Gasteiger partial charge in [-0.25, -0.2) is 4.98 Å². The zero-order chi connectivity index (χ0) is 14.7. The second-order valence-electron chi connectivity index (χ2n) is 5.53. The molecule has 2 heterocycles. The highest BCUT2D eigenvalue weighted by molar-refractivity contribution is 5.51. The van der Waals surface area contributed by atoms with Crippen molar-refractivity contribution in [3.8, 4) is 5.69 Å². The van der Waals surface area contributed by atoms with Gasteiger partial charge in [0.15, 0.2) is 0 Å². The van der Waals surface area contributed by atoms with Crippen LogP contribution in [0.3, 0.4) is 0 Å². The van der Waals surface area contributed by atoms with Crippen molar-refractivity contribution in [2.24, 2.45) is 0 Å². The minimum atomic E-state index is 0.440. The summed E-state index contributed by atoms with van der Waals surface area (Å²) in [6.07, 6.45) is 6.35. The third-order valence-corrected chi connectivity index (χ3v) is 4.34. The van der Waals surface area contributed by atoms with Gasteiger partial charge < -0.3 is 14.8 Å². The van der Waals surface area contributed by atoms with Gasteiger partial charge in [0.05, 0.1) is 18.2 Å². The summed E-state index contributed by atoms with van der Waals surface area (Å²) in [5, 5.41) is 3.55. The lowest BCUT2D eigenvalue weighted by atomic mass is 10.1. The van der Waals surface area contributed by atoms with Gasteiger partial charge in [-0.15, -0.1) is 0 Å². The molecule has 0 amide bonds. The zero-order valence-electron chi connectivity index (χ0n) is 12.9. The van der Waals surface area contributed by atoms with Crippen LogP contribution in [0.15, 0.2) is 36.8 Å². The van der Waals surface area contributed by atoms with E-state index in [2.05, 4.69) is 57.9 Å². The van der Waals surface area contributed by atoms with E-state index < -0.39 is 0 Å². The molecular weight excluding hydrogens is 260 g/mol. The van der Waals surface area contributed by atoms with Crippen LogP contribution in [0.1, 0.15) is 38.4 Å². The Balaban J connectivity index is 1.86. The second-order valence-corrected chi connectivity index (χ2v) is 5.53. The Bertz CT molecular complexity index is 563. The molecule has 4 nitrogen and oxygen atoms in total. The average Bonchev–Trinajstić information content (AvgIpc) is 3.20. The summed E-state index contributed by atoms with van der Waals surface area (Å²) >= 11 is 0. The van der Waals surface area contributed by atoms with Gasteiger partial charge in [-0.05, 0) is 57.5 Å². The van der Waals surface area contributed by atoms with Crippen LogP contribution in [0.2, 0.25) is 0 Å². The Hall–Kier alpha value is -1.81. The molecule has 112 valence electrons. The van der Waals surface area contributed by atoms with E-state index in [0.29, 0.717) is 6.04 Å². The van der Waals surface area contributed by atoms with E-state index in [1.165, 1.54) is 29.9 Å². The summed E-state index contributed by atoms with van der Waals surface area (Å²) < 4.78 is 2.20. The lowest BCUT2D eigenvalue weighted by Gasteiger charge is -2.21. The molecule has 1 aromatic carbocycles. The molecule has 3 rings (SSSR count). The van der Waals surface area contributed by atoms with Gasteiger partial charge in [0.2, 0.25) is 0 Å². The van der Waals surface area contributed by atoms with E-state index in [1.807, 2.05) is 12.5 Å². The van der Waals surface area contributed by atoms with E-state index >= 15 is 0 Å². The van der Waals surface area contributed by atoms with Gasteiger partial charge in [-0.1, -0.05) is 0 Å². The van der Waals surface area contributed by atoms with E-state index in [4.69, 9.17) is 0 Å². The van der Waals surface area contributed by atoms with Crippen LogP contribution < -0.4 is 10.2 Å². The summed E-state index contributed by atoms with van der Waals surface area (Å²) in [6.45, 7) is 7.57. The number of aromatic nitrogens is 2. The lowest BCUT2D eigenvalue weighted by Crippen LogP contribution is -2.21. The van der Waals surface area contributed by atoms with Gasteiger partial charge in [-0.3, -0.25) is 0 Å². The highest BCUT2D eigenvalue weighted by Crippen LogP contribution is 2.26. The molecule has 1 aliphatic heterocycles. The van der Waals surface area contributed by atoms with Crippen molar-refractivity contribution in [2.75, 3.05) is 24.5 Å². The minimum absolute atomic E-state index is 0.440. The van der Waals surface area contributed by atoms with Crippen LogP contribution in [0.25, 0.3) is 5.69 Å². The number of hydrogen-bond donors (Lipinski definition) is 1. The van der Waals surface area contributed by atoms with Crippen LogP contribution in [0, 0.1) is 0 Å². The first kappa shape index (κ1) is 14.1. The number of anilines is 1. The van der Waals surface area contributed by atoms with Crippen LogP contribution in [-0.4, -0.2) is 29.2 Å². The molecule has 0 saturated carbocycles. The Morgan fingerprint density at radius 2 is 2.00 bits per heavy atom. The molecule has 1 aliphatic rings. The summed E-state index contributed by atoms with van der Waals surface area (Å²) in [5.74, 6) is 0. The summed E-state index contributed by atoms with van der Waals surface area (Å²) in [6, 6.07) is 9.22. The Labute approximate surface area is 126 Å². The van der Waals surface area contributed by atoms with Crippen LogP contribution in [0.4, 0.5) is 5.69 Å². The maximum absolute atomic E-state index is 4.35. The van der Waals surface area contributed by atoms with Gasteiger partial charge in [0, 0.05) is 30.5 Å². The fraction of sp³-hybridized carbons (Fsp3) is 0.471. The van der Waals surface area contributed by atoms with E-state index in [9.17, 15) is 0 Å². The Morgan fingerprint density at radius 3 is 2.62 bits per heavy atom. The monoisotopic (exact) mass is 284 g/mol. The van der Waals surface area contributed by atoms with Gasteiger partial charge in [0.25, 0.3) is 0 Å². The molecule has 0 bridgehead atoms. The first-order chi connectivity index (χ1) is 10.3. The zero-order valence-corrected chi connectivity index (χ0v) is 12.9. The molecular formula is C17H24N4. The van der Waals surface area contributed by atoms with Crippen molar-refractivity contribution in [2.45, 2.75) is 32.7 Å². The first-order valence-corrected chi connectivity index (χ1v) is 7.94. The summed E-state index contributed by atoms with van der Waals surface area (Å²) in [7, 11) is 0. The molecule has 1 atom stereocenters. The third kappa shape index (κ3) is 2.81. The lowest BCUT2D eigenvalue weighted by molar-refractivity contribution is 0.615. The molecule has 1 aromatic heterocycles. The predicted molar refractivity (Wildman–Crippen MR) is 87.1 cm³/mol. The van der Waals surface area contributed by atoms with Gasteiger partial charge in [-0.2, -0.15) is 0 Å². The quantitative estimate of drug-likeness (QED) is 0.915. The summed E-state index contributed by atoms with van der Waals surface area (Å²) in [5.41, 5.74) is 3.74. The van der Waals surface area contributed by atoms with Crippen molar-refractivity contribution in [3.63, 3.8) is 0 Å². The van der Waals surface area contributed by atoms with Crippen LogP contribution >= 0.6 is 0 Å². The van der Waals surface area contributed by atoms with Crippen molar-refractivity contribution in [1.82, 2.24) is 14.9 Å². The standard InChI is InChI=1S/C17H24N4/c1-3-20(4-2)14-7-9-15(10-8-14)21-13-18-12-17(21)16-6-5-11-19-16/h7-10,12-13,16,19H,3-6,11H2,1-2H3. The Kier molecular flexibility index (Phi) is 4.25. The number of rotatable bonds is 5. The van der Waals surface area contributed by atoms with E-state index in [1.54, 1.807) is 0 Å². The number of hydrogen-bond acceptors (Lipinski definition) is 3. The van der Waals surface area contributed by atoms with Crippen molar-refractivity contribution < 1.29 is 0 Å². The maximum atomic E-state index is 4.35. The highest BCUT2D eigenvalue weighted by Gasteiger charge is 2.20. The number of nitrogens with one attached hydrogen (secondary N) is 1. The normalized spacial score (nSPS) is 18.1. The first-order valence-electron chi connectivity index (χ1n) is 7.94. The molecule has 21 heavy (non-hydrogen) atoms.